The Morgan fingerprint density at radius 2 is 1.76 bits per heavy atom. The molecule has 1 aliphatic carbocycles. The van der Waals surface area contributed by atoms with Crippen LogP contribution < -0.4 is 5.32 Å². The second kappa shape index (κ2) is 7.60. The molecule has 0 bridgehead atoms. The zero-order valence-electron chi connectivity index (χ0n) is 13.0. The molecule has 0 radical (unpaired) electrons. The summed E-state index contributed by atoms with van der Waals surface area (Å²) in [5.41, 5.74) is 2.33. The number of carbonyl (C=O) groups is 1. The Morgan fingerprint density at radius 3 is 2.38 bits per heavy atom. The second-order valence-electron chi connectivity index (χ2n) is 6.62. The summed E-state index contributed by atoms with van der Waals surface area (Å²) in [4.78, 5) is 12.1. The molecule has 0 aromatic heterocycles. The fourth-order valence-electron chi connectivity index (χ4n) is 3.19. The second-order valence-corrected chi connectivity index (χ2v) is 6.62. The van der Waals surface area contributed by atoms with Gasteiger partial charge in [-0.25, -0.2) is 0 Å². The van der Waals surface area contributed by atoms with Crippen LogP contribution in [-0.2, 0) is 17.8 Å². The largest absolute Gasteiger partial charge is 0.392 e. The number of aliphatic hydroxyl groups is 1. The highest BCUT2D eigenvalue weighted by atomic mass is 16.3. The van der Waals surface area contributed by atoms with Gasteiger partial charge in [-0.05, 0) is 35.8 Å². The third-order valence-electron chi connectivity index (χ3n) is 4.59. The van der Waals surface area contributed by atoms with E-state index in [1.165, 1.54) is 37.7 Å². The Balaban J connectivity index is 1.71. The van der Waals surface area contributed by atoms with Gasteiger partial charge in [0.2, 0.25) is 5.91 Å². The standard InChI is InChI=1S/C18H27NO2/c1-18(10-3-2-4-11-18)13-17(21)19-12-9-15-5-7-16(14-20)8-6-15/h5-8,20H,2-4,9-14H2,1H3,(H,19,21). The molecule has 1 fully saturated rings. The van der Waals surface area contributed by atoms with Crippen molar-refractivity contribution in [2.24, 2.45) is 5.41 Å². The number of rotatable bonds is 6. The molecule has 3 nitrogen and oxygen atoms in total. The summed E-state index contributed by atoms with van der Waals surface area (Å²) >= 11 is 0. The molecule has 1 aromatic carbocycles. The number of carbonyl (C=O) groups excluding carboxylic acids is 1. The lowest BCUT2D eigenvalue weighted by Crippen LogP contribution is -2.32. The van der Waals surface area contributed by atoms with Crippen LogP contribution in [-0.4, -0.2) is 17.6 Å². The van der Waals surface area contributed by atoms with Crippen molar-refractivity contribution >= 4 is 5.91 Å². The molecular formula is C18H27NO2. The van der Waals surface area contributed by atoms with E-state index >= 15 is 0 Å². The summed E-state index contributed by atoms with van der Waals surface area (Å²) in [6, 6.07) is 7.89. The molecule has 0 saturated heterocycles. The minimum absolute atomic E-state index is 0.0790. The molecule has 0 atom stereocenters. The van der Waals surface area contributed by atoms with Gasteiger partial charge in [0.15, 0.2) is 0 Å². The van der Waals surface area contributed by atoms with Gasteiger partial charge in [-0.1, -0.05) is 50.5 Å². The molecule has 3 heteroatoms. The van der Waals surface area contributed by atoms with Crippen molar-refractivity contribution in [3.8, 4) is 0 Å². The molecule has 1 aliphatic rings. The Morgan fingerprint density at radius 1 is 1.14 bits per heavy atom. The van der Waals surface area contributed by atoms with E-state index in [9.17, 15) is 4.79 Å². The summed E-state index contributed by atoms with van der Waals surface area (Å²) in [6.45, 7) is 3.02. The average molecular weight is 289 g/mol. The molecule has 1 saturated carbocycles. The smallest absolute Gasteiger partial charge is 0.220 e. The summed E-state index contributed by atoms with van der Waals surface area (Å²) < 4.78 is 0. The van der Waals surface area contributed by atoms with E-state index in [0.29, 0.717) is 13.0 Å². The zero-order valence-corrected chi connectivity index (χ0v) is 13.0. The van der Waals surface area contributed by atoms with Gasteiger partial charge in [0.1, 0.15) is 0 Å². The van der Waals surface area contributed by atoms with Gasteiger partial charge >= 0.3 is 0 Å². The third-order valence-corrected chi connectivity index (χ3v) is 4.59. The van der Waals surface area contributed by atoms with Gasteiger partial charge in [0, 0.05) is 13.0 Å². The highest BCUT2D eigenvalue weighted by molar-refractivity contribution is 5.76. The first-order valence-electron chi connectivity index (χ1n) is 8.07. The first-order valence-corrected chi connectivity index (χ1v) is 8.07. The van der Waals surface area contributed by atoms with E-state index in [4.69, 9.17) is 5.11 Å². The molecule has 2 rings (SSSR count). The normalized spacial score (nSPS) is 17.4. The average Bonchev–Trinajstić information content (AvgIpc) is 2.48. The van der Waals surface area contributed by atoms with Crippen molar-refractivity contribution in [1.82, 2.24) is 5.32 Å². The van der Waals surface area contributed by atoms with Gasteiger partial charge < -0.3 is 10.4 Å². The van der Waals surface area contributed by atoms with Crippen LogP contribution in [0.5, 0.6) is 0 Å². The Hall–Kier alpha value is -1.35. The first kappa shape index (κ1) is 16.0. The van der Waals surface area contributed by atoms with E-state index in [1.54, 1.807) is 0 Å². The molecule has 116 valence electrons. The van der Waals surface area contributed by atoms with E-state index < -0.39 is 0 Å². The maximum Gasteiger partial charge on any atom is 0.220 e. The van der Waals surface area contributed by atoms with Crippen molar-refractivity contribution < 1.29 is 9.90 Å². The topological polar surface area (TPSA) is 49.3 Å². The van der Waals surface area contributed by atoms with Crippen LogP contribution in [0, 0.1) is 5.41 Å². The van der Waals surface area contributed by atoms with Gasteiger partial charge in [0.25, 0.3) is 0 Å². The lowest BCUT2D eigenvalue weighted by atomic mass is 9.73. The number of nitrogens with one attached hydrogen (secondary N) is 1. The fraction of sp³-hybridized carbons (Fsp3) is 0.611. The summed E-state index contributed by atoms with van der Waals surface area (Å²) in [5, 5.41) is 12.0. The molecule has 0 aliphatic heterocycles. The summed E-state index contributed by atoms with van der Waals surface area (Å²) in [5.74, 6) is 0.186. The van der Waals surface area contributed by atoms with E-state index in [1.807, 2.05) is 24.3 Å². The summed E-state index contributed by atoms with van der Waals surface area (Å²) in [7, 11) is 0. The van der Waals surface area contributed by atoms with E-state index in [0.717, 1.165) is 12.0 Å². The van der Waals surface area contributed by atoms with Crippen LogP contribution >= 0.6 is 0 Å². The number of benzene rings is 1. The van der Waals surface area contributed by atoms with Crippen LogP contribution in [0.1, 0.15) is 56.6 Å². The molecule has 0 spiro atoms. The maximum atomic E-state index is 12.1. The Kier molecular flexibility index (Phi) is 5.80. The van der Waals surface area contributed by atoms with Crippen LogP contribution in [0.15, 0.2) is 24.3 Å². The van der Waals surface area contributed by atoms with Crippen LogP contribution in [0.25, 0.3) is 0 Å². The Bertz CT molecular complexity index is 447. The van der Waals surface area contributed by atoms with Gasteiger partial charge in [-0.15, -0.1) is 0 Å². The lowest BCUT2D eigenvalue weighted by Gasteiger charge is -2.32. The fourth-order valence-corrected chi connectivity index (χ4v) is 3.19. The predicted molar refractivity (Wildman–Crippen MR) is 84.9 cm³/mol. The number of aliphatic hydroxyl groups excluding tert-OH is 1. The van der Waals surface area contributed by atoms with Crippen LogP contribution in [0.4, 0.5) is 0 Å². The summed E-state index contributed by atoms with van der Waals surface area (Å²) in [6.07, 6.45) is 7.72. The number of hydrogen-bond donors (Lipinski definition) is 2. The lowest BCUT2D eigenvalue weighted by molar-refractivity contribution is -0.123. The number of hydrogen-bond acceptors (Lipinski definition) is 2. The predicted octanol–water partition coefficient (Wildman–Crippen LogP) is 3.20. The Labute approximate surface area is 127 Å². The first-order chi connectivity index (χ1) is 10.1. The van der Waals surface area contributed by atoms with Crippen molar-refractivity contribution in [2.45, 2.75) is 58.5 Å². The van der Waals surface area contributed by atoms with Crippen LogP contribution in [0.3, 0.4) is 0 Å². The van der Waals surface area contributed by atoms with Crippen molar-refractivity contribution in [1.29, 1.82) is 0 Å². The highest BCUT2D eigenvalue weighted by Crippen LogP contribution is 2.38. The molecule has 0 heterocycles. The SMILES string of the molecule is CC1(CC(=O)NCCc2ccc(CO)cc2)CCCCC1. The van der Waals surface area contributed by atoms with E-state index in [2.05, 4.69) is 12.2 Å². The molecule has 1 amide bonds. The molecule has 21 heavy (non-hydrogen) atoms. The van der Waals surface area contributed by atoms with Gasteiger partial charge in [-0.2, -0.15) is 0 Å². The molecule has 0 unspecified atom stereocenters. The van der Waals surface area contributed by atoms with Crippen molar-refractivity contribution in [2.75, 3.05) is 6.54 Å². The minimum atomic E-state index is 0.0790. The van der Waals surface area contributed by atoms with Crippen LogP contribution in [0.2, 0.25) is 0 Å². The van der Waals surface area contributed by atoms with Crippen molar-refractivity contribution in [3.63, 3.8) is 0 Å². The number of amides is 1. The highest BCUT2D eigenvalue weighted by Gasteiger charge is 2.29. The van der Waals surface area contributed by atoms with E-state index in [-0.39, 0.29) is 17.9 Å². The molecule has 2 N–H and O–H groups in total. The molecular weight excluding hydrogens is 262 g/mol. The maximum absolute atomic E-state index is 12.1. The monoisotopic (exact) mass is 289 g/mol. The van der Waals surface area contributed by atoms with Crippen molar-refractivity contribution in [3.05, 3.63) is 35.4 Å². The third kappa shape index (κ3) is 5.16. The zero-order chi connectivity index (χ0) is 15.1. The van der Waals surface area contributed by atoms with Gasteiger partial charge in [0.05, 0.1) is 6.61 Å². The molecule has 1 aromatic rings. The van der Waals surface area contributed by atoms with Gasteiger partial charge in [-0.3, -0.25) is 4.79 Å². The minimum Gasteiger partial charge on any atom is -0.392 e. The quantitative estimate of drug-likeness (QED) is 0.845.